The first-order chi connectivity index (χ1) is 7.72. The minimum atomic E-state index is -0.0497. The van der Waals surface area contributed by atoms with Gasteiger partial charge in [-0.25, -0.2) is 0 Å². The van der Waals surface area contributed by atoms with Crippen LogP contribution in [0.1, 0.15) is 12.0 Å². The van der Waals surface area contributed by atoms with Crippen molar-refractivity contribution in [2.45, 2.75) is 13.0 Å². The Morgan fingerprint density at radius 1 is 1.31 bits per heavy atom. The summed E-state index contributed by atoms with van der Waals surface area (Å²) in [7, 11) is 1.54. The van der Waals surface area contributed by atoms with Gasteiger partial charge < -0.3 is 19.7 Å². The molecule has 0 bridgehead atoms. The highest BCUT2D eigenvalue weighted by atomic mass is 79.9. The van der Waals surface area contributed by atoms with E-state index in [4.69, 9.17) is 19.7 Å². The van der Waals surface area contributed by atoms with Crippen LogP contribution < -0.4 is 9.47 Å². The molecule has 0 saturated heterocycles. The molecule has 0 radical (unpaired) electrons. The number of halogens is 1. The van der Waals surface area contributed by atoms with Crippen LogP contribution >= 0.6 is 15.9 Å². The van der Waals surface area contributed by atoms with Crippen LogP contribution in [-0.2, 0) is 6.61 Å². The lowest BCUT2D eigenvalue weighted by Crippen LogP contribution is -2.02. The fourth-order valence-electron chi connectivity index (χ4n) is 1.24. The molecule has 0 atom stereocenters. The maximum Gasteiger partial charge on any atom is 0.175 e. The first-order valence-electron chi connectivity index (χ1n) is 4.93. The number of aliphatic hydroxyl groups excluding tert-OH is 2. The summed E-state index contributed by atoms with van der Waals surface area (Å²) in [6.07, 6.45) is 0.567. The second kappa shape index (κ2) is 6.73. The fourth-order valence-corrected chi connectivity index (χ4v) is 1.85. The Morgan fingerprint density at radius 2 is 2.06 bits per heavy atom. The number of ether oxygens (including phenoxy) is 2. The maximum absolute atomic E-state index is 9.04. The molecule has 0 aliphatic rings. The molecule has 5 heteroatoms. The normalized spacial score (nSPS) is 10.2. The largest absolute Gasteiger partial charge is 0.493 e. The lowest BCUT2D eigenvalue weighted by Gasteiger charge is -2.13. The molecule has 0 amide bonds. The molecule has 0 aliphatic carbocycles. The Balaban J connectivity index is 2.88. The van der Waals surface area contributed by atoms with Crippen molar-refractivity contribution in [3.8, 4) is 11.5 Å². The van der Waals surface area contributed by atoms with Gasteiger partial charge >= 0.3 is 0 Å². The summed E-state index contributed by atoms with van der Waals surface area (Å²) in [5.74, 6) is 1.16. The summed E-state index contributed by atoms with van der Waals surface area (Å²) in [4.78, 5) is 0. The second-order valence-electron chi connectivity index (χ2n) is 3.19. The van der Waals surface area contributed by atoms with Crippen LogP contribution in [0, 0.1) is 0 Å². The molecule has 0 saturated carbocycles. The highest BCUT2D eigenvalue weighted by Crippen LogP contribution is 2.36. The third-order valence-electron chi connectivity index (χ3n) is 2.02. The van der Waals surface area contributed by atoms with E-state index >= 15 is 0 Å². The molecule has 0 unspecified atom stereocenters. The Bertz CT molecular complexity index is 341. The van der Waals surface area contributed by atoms with Crippen molar-refractivity contribution in [1.29, 1.82) is 0 Å². The van der Waals surface area contributed by atoms with E-state index in [1.54, 1.807) is 19.2 Å². The topological polar surface area (TPSA) is 58.9 Å². The van der Waals surface area contributed by atoms with Crippen LogP contribution in [0.2, 0.25) is 0 Å². The molecule has 1 rings (SSSR count). The van der Waals surface area contributed by atoms with E-state index in [1.165, 1.54) is 0 Å². The SMILES string of the molecule is COc1cc(CO)cc(Br)c1OCCCO. The number of rotatable bonds is 6. The van der Waals surface area contributed by atoms with E-state index in [1.807, 2.05) is 0 Å². The van der Waals surface area contributed by atoms with Crippen molar-refractivity contribution in [1.82, 2.24) is 0 Å². The van der Waals surface area contributed by atoms with Crippen molar-refractivity contribution < 1.29 is 19.7 Å². The maximum atomic E-state index is 9.04. The van der Waals surface area contributed by atoms with E-state index < -0.39 is 0 Å². The zero-order valence-corrected chi connectivity index (χ0v) is 10.7. The van der Waals surface area contributed by atoms with Gasteiger partial charge in [0.1, 0.15) is 0 Å². The van der Waals surface area contributed by atoms with E-state index in [0.717, 1.165) is 10.0 Å². The number of methoxy groups -OCH3 is 1. The zero-order valence-electron chi connectivity index (χ0n) is 9.07. The molecule has 1 aromatic carbocycles. The molecule has 4 nitrogen and oxygen atoms in total. The quantitative estimate of drug-likeness (QED) is 0.783. The van der Waals surface area contributed by atoms with Gasteiger partial charge in [-0.3, -0.25) is 0 Å². The van der Waals surface area contributed by atoms with Crippen LogP contribution in [0.5, 0.6) is 11.5 Å². The average Bonchev–Trinajstić information content (AvgIpc) is 2.30. The highest BCUT2D eigenvalue weighted by Gasteiger charge is 2.11. The van der Waals surface area contributed by atoms with Gasteiger partial charge in [-0.05, 0) is 33.6 Å². The van der Waals surface area contributed by atoms with E-state index in [-0.39, 0.29) is 13.2 Å². The molecule has 0 heterocycles. The lowest BCUT2D eigenvalue weighted by atomic mass is 10.2. The molecule has 90 valence electrons. The van der Waals surface area contributed by atoms with Gasteiger partial charge in [-0.15, -0.1) is 0 Å². The van der Waals surface area contributed by atoms with Gasteiger partial charge in [-0.1, -0.05) is 0 Å². The third kappa shape index (κ3) is 3.37. The Labute approximate surface area is 103 Å². The van der Waals surface area contributed by atoms with Crippen molar-refractivity contribution in [2.24, 2.45) is 0 Å². The van der Waals surface area contributed by atoms with Crippen molar-refractivity contribution in [2.75, 3.05) is 20.3 Å². The summed E-state index contributed by atoms with van der Waals surface area (Å²) < 4.78 is 11.4. The molecule has 2 N–H and O–H groups in total. The van der Waals surface area contributed by atoms with Crippen LogP contribution in [0.25, 0.3) is 0 Å². The van der Waals surface area contributed by atoms with Gasteiger partial charge in [0.15, 0.2) is 11.5 Å². The lowest BCUT2D eigenvalue weighted by molar-refractivity contribution is 0.227. The predicted molar refractivity (Wildman–Crippen MR) is 63.8 cm³/mol. The summed E-state index contributed by atoms with van der Waals surface area (Å²) in [6, 6.07) is 3.50. The molecular weight excluding hydrogens is 276 g/mol. The van der Waals surface area contributed by atoms with Crippen molar-refractivity contribution in [3.05, 3.63) is 22.2 Å². The van der Waals surface area contributed by atoms with E-state index in [2.05, 4.69) is 15.9 Å². The Hall–Kier alpha value is -0.780. The number of hydrogen-bond acceptors (Lipinski definition) is 4. The van der Waals surface area contributed by atoms with Gasteiger partial charge in [0, 0.05) is 13.0 Å². The molecule has 0 fully saturated rings. The summed E-state index contributed by atoms with van der Waals surface area (Å²) in [5, 5.41) is 17.7. The smallest absolute Gasteiger partial charge is 0.175 e. The Kier molecular flexibility index (Phi) is 5.59. The highest BCUT2D eigenvalue weighted by molar-refractivity contribution is 9.10. The molecular formula is C11H15BrO4. The standard InChI is InChI=1S/C11H15BrO4/c1-15-10-6-8(7-14)5-9(12)11(10)16-4-2-3-13/h5-6,13-14H,2-4,7H2,1H3. The predicted octanol–water partition coefficient (Wildman–Crippen LogP) is 1.71. The summed E-state index contributed by atoms with van der Waals surface area (Å²) in [6.45, 7) is 0.463. The first-order valence-corrected chi connectivity index (χ1v) is 5.73. The first kappa shape index (κ1) is 13.3. The summed E-state index contributed by atoms with van der Waals surface area (Å²) in [5.41, 5.74) is 0.748. The molecule has 0 spiro atoms. The van der Waals surface area contributed by atoms with E-state index in [0.29, 0.717) is 24.5 Å². The molecule has 16 heavy (non-hydrogen) atoms. The van der Waals surface area contributed by atoms with Gasteiger partial charge in [0.2, 0.25) is 0 Å². The van der Waals surface area contributed by atoms with Crippen LogP contribution in [-0.4, -0.2) is 30.5 Å². The average molecular weight is 291 g/mol. The molecule has 1 aromatic rings. The number of aliphatic hydroxyl groups is 2. The van der Waals surface area contributed by atoms with Gasteiger partial charge in [0.25, 0.3) is 0 Å². The summed E-state index contributed by atoms with van der Waals surface area (Å²) >= 11 is 3.35. The van der Waals surface area contributed by atoms with Crippen molar-refractivity contribution >= 4 is 15.9 Å². The molecule has 0 aromatic heterocycles. The van der Waals surface area contributed by atoms with Crippen LogP contribution in [0.4, 0.5) is 0 Å². The van der Waals surface area contributed by atoms with Crippen LogP contribution in [0.15, 0.2) is 16.6 Å². The van der Waals surface area contributed by atoms with Gasteiger partial charge in [-0.2, -0.15) is 0 Å². The fraction of sp³-hybridized carbons (Fsp3) is 0.455. The van der Waals surface area contributed by atoms with Crippen molar-refractivity contribution in [3.63, 3.8) is 0 Å². The Morgan fingerprint density at radius 3 is 2.62 bits per heavy atom. The zero-order chi connectivity index (χ0) is 12.0. The molecule has 0 aliphatic heterocycles. The van der Waals surface area contributed by atoms with E-state index in [9.17, 15) is 0 Å². The van der Waals surface area contributed by atoms with Gasteiger partial charge in [0.05, 0.1) is 24.8 Å². The van der Waals surface area contributed by atoms with Crippen LogP contribution in [0.3, 0.4) is 0 Å². The monoisotopic (exact) mass is 290 g/mol. The minimum absolute atomic E-state index is 0.0497. The number of benzene rings is 1. The number of hydrogen-bond donors (Lipinski definition) is 2. The third-order valence-corrected chi connectivity index (χ3v) is 2.61. The minimum Gasteiger partial charge on any atom is -0.493 e. The second-order valence-corrected chi connectivity index (χ2v) is 4.05.